The third-order valence-electron chi connectivity index (χ3n) is 4.82. The van der Waals surface area contributed by atoms with Gasteiger partial charge in [0.05, 0.1) is 11.6 Å². The molecule has 1 aliphatic carbocycles. The number of rotatable bonds is 2. The molecule has 0 saturated carbocycles. The molecule has 2 unspecified atom stereocenters. The molecule has 3 rings (SSSR count). The Morgan fingerprint density at radius 2 is 1.92 bits per heavy atom. The number of halogens is 1. The highest BCUT2D eigenvalue weighted by atomic mass is 35.5. The second kappa shape index (κ2) is 6.69. The fraction of sp³-hybridized carbons (Fsp3) is 0.389. The molecule has 5 nitrogen and oxygen atoms in total. The topological polar surface area (TPSA) is 75.6 Å². The van der Waals surface area contributed by atoms with Gasteiger partial charge >= 0.3 is 0 Å². The molecule has 1 amide bonds. The number of hydrogen-bond donors (Lipinski definition) is 2. The van der Waals surface area contributed by atoms with Crippen molar-refractivity contribution in [3.05, 3.63) is 58.7 Å². The molecular weight excluding hydrogens is 324 g/mol. The summed E-state index contributed by atoms with van der Waals surface area (Å²) in [4.78, 5) is 17.1. The van der Waals surface area contributed by atoms with Crippen LogP contribution in [0.4, 0.5) is 0 Å². The Bertz CT molecular complexity index is 694. The minimum Gasteiger partial charge on any atom is -0.336 e. The minimum absolute atomic E-state index is 0.00442. The van der Waals surface area contributed by atoms with Gasteiger partial charge in [-0.15, -0.1) is 0 Å². The van der Waals surface area contributed by atoms with Crippen molar-refractivity contribution in [3.8, 4) is 0 Å². The first-order valence-corrected chi connectivity index (χ1v) is 8.48. The maximum Gasteiger partial charge on any atom is 0.254 e. The lowest BCUT2D eigenvalue weighted by Gasteiger charge is -2.37. The third kappa shape index (κ3) is 3.13. The van der Waals surface area contributed by atoms with Crippen LogP contribution in [0.15, 0.2) is 47.5 Å². The highest BCUT2D eigenvalue weighted by Crippen LogP contribution is 2.32. The van der Waals surface area contributed by atoms with Crippen LogP contribution in [0.25, 0.3) is 0 Å². The second-order valence-corrected chi connectivity index (χ2v) is 6.92. The van der Waals surface area contributed by atoms with Gasteiger partial charge in [0, 0.05) is 36.8 Å². The molecule has 1 heterocycles. The summed E-state index contributed by atoms with van der Waals surface area (Å²) in [6, 6.07) is 6.95. The Balaban J connectivity index is 1.94. The Morgan fingerprint density at radius 3 is 2.58 bits per heavy atom. The second-order valence-electron chi connectivity index (χ2n) is 6.48. The van der Waals surface area contributed by atoms with E-state index in [1.165, 1.54) is 0 Å². The van der Waals surface area contributed by atoms with E-state index in [4.69, 9.17) is 23.1 Å². The van der Waals surface area contributed by atoms with Gasteiger partial charge in [-0.1, -0.05) is 35.9 Å². The molecule has 24 heavy (non-hydrogen) atoms. The molecule has 4 N–H and O–H groups in total. The van der Waals surface area contributed by atoms with E-state index in [0.717, 1.165) is 31.7 Å². The Hall–Kier alpha value is -1.66. The predicted octanol–water partition coefficient (Wildman–Crippen LogP) is 1.25. The maximum absolute atomic E-state index is 13.0. The van der Waals surface area contributed by atoms with Crippen molar-refractivity contribution in [3.63, 3.8) is 0 Å². The summed E-state index contributed by atoms with van der Waals surface area (Å²) >= 11 is 6.02. The summed E-state index contributed by atoms with van der Waals surface area (Å²) in [6.07, 6.45) is 5.25. The first-order chi connectivity index (χ1) is 11.4. The van der Waals surface area contributed by atoms with Gasteiger partial charge in [-0.25, -0.2) is 0 Å². The normalized spacial score (nSPS) is 27.9. The maximum atomic E-state index is 13.0. The number of hydrogen-bond acceptors (Lipinski definition) is 4. The number of carbonyl (C=O) groups is 1. The van der Waals surface area contributed by atoms with Crippen LogP contribution < -0.4 is 11.5 Å². The molecule has 1 fully saturated rings. The fourth-order valence-electron chi connectivity index (χ4n) is 3.19. The van der Waals surface area contributed by atoms with Crippen molar-refractivity contribution in [2.45, 2.75) is 11.6 Å². The van der Waals surface area contributed by atoms with E-state index >= 15 is 0 Å². The number of nitrogens with zero attached hydrogens (tertiary/aromatic N) is 2. The Kier molecular flexibility index (Phi) is 4.78. The van der Waals surface area contributed by atoms with E-state index in [9.17, 15) is 4.79 Å². The fourth-order valence-corrected chi connectivity index (χ4v) is 3.39. The highest BCUT2D eigenvalue weighted by molar-refractivity contribution is 6.31. The van der Waals surface area contributed by atoms with Gasteiger partial charge in [-0.3, -0.25) is 4.79 Å². The average molecular weight is 347 g/mol. The van der Waals surface area contributed by atoms with Gasteiger partial charge < -0.3 is 21.3 Å². The predicted molar refractivity (Wildman–Crippen MR) is 96.8 cm³/mol. The van der Waals surface area contributed by atoms with Crippen LogP contribution in [-0.4, -0.2) is 55.0 Å². The summed E-state index contributed by atoms with van der Waals surface area (Å²) < 4.78 is 0. The minimum atomic E-state index is -0.947. The lowest BCUT2D eigenvalue weighted by Crippen LogP contribution is -2.53. The van der Waals surface area contributed by atoms with E-state index < -0.39 is 11.6 Å². The highest BCUT2D eigenvalue weighted by Gasteiger charge is 2.36. The zero-order valence-corrected chi connectivity index (χ0v) is 14.5. The number of likely N-dealkylation sites (N-methyl/N-ethyl adjacent to an activating group) is 1. The summed E-state index contributed by atoms with van der Waals surface area (Å²) in [5.74, 6) is 0.00442. The van der Waals surface area contributed by atoms with E-state index in [2.05, 4.69) is 11.9 Å². The molecule has 0 bridgehead atoms. The van der Waals surface area contributed by atoms with Gasteiger partial charge in [-0.2, -0.15) is 0 Å². The summed E-state index contributed by atoms with van der Waals surface area (Å²) in [7, 11) is 2.06. The molecule has 128 valence electrons. The van der Waals surface area contributed by atoms with Crippen molar-refractivity contribution in [2.75, 3.05) is 33.2 Å². The van der Waals surface area contributed by atoms with Crippen molar-refractivity contribution in [1.29, 1.82) is 0 Å². The average Bonchev–Trinajstić information content (AvgIpc) is 2.59. The number of nitrogens with two attached hydrogens (primary N) is 2. The zero-order valence-electron chi connectivity index (χ0n) is 13.8. The van der Waals surface area contributed by atoms with Gasteiger partial charge in [0.1, 0.15) is 0 Å². The number of piperazine rings is 1. The summed E-state index contributed by atoms with van der Waals surface area (Å²) in [5.41, 5.74) is 13.2. The van der Waals surface area contributed by atoms with Crippen LogP contribution >= 0.6 is 11.6 Å². The van der Waals surface area contributed by atoms with Crippen molar-refractivity contribution in [1.82, 2.24) is 9.80 Å². The van der Waals surface area contributed by atoms with Crippen molar-refractivity contribution < 1.29 is 4.79 Å². The standard InChI is InChI=1S/C18H23ClN4O/c1-22-8-10-23(11-9-22)17(24)14-4-2-3-5-15(14)18(21)7-6-13(19)12-16(18)20/h2-7,12,16H,8-11,20-21H2,1H3. The van der Waals surface area contributed by atoms with E-state index in [0.29, 0.717) is 10.6 Å². The van der Waals surface area contributed by atoms with Crippen LogP contribution in [0, 0.1) is 0 Å². The Morgan fingerprint density at radius 1 is 1.25 bits per heavy atom. The molecule has 0 aromatic heterocycles. The van der Waals surface area contributed by atoms with Crippen LogP contribution in [0.1, 0.15) is 15.9 Å². The van der Waals surface area contributed by atoms with E-state index in [1.54, 1.807) is 18.2 Å². The lowest BCUT2D eigenvalue weighted by atomic mass is 9.78. The monoisotopic (exact) mass is 346 g/mol. The van der Waals surface area contributed by atoms with Crippen LogP contribution in [0.2, 0.25) is 0 Å². The molecule has 2 atom stereocenters. The largest absolute Gasteiger partial charge is 0.336 e. The SMILES string of the molecule is CN1CCN(C(=O)c2ccccc2C2(N)C=CC(Cl)=CC2N)CC1. The van der Waals surface area contributed by atoms with Gasteiger partial charge in [0.25, 0.3) is 5.91 Å². The number of carbonyl (C=O) groups excluding carboxylic acids is 1. The first kappa shape index (κ1) is 17.2. The summed E-state index contributed by atoms with van der Waals surface area (Å²) in [6.45, 7) is 3.18. The Labute approximate surface area is 147 Å². The van der Waals surface area contributed by atoms with E-state index in [1.807, 2.05) is 29.2 Å². The molecule has 0 radical (unpaired) electrons. The van der Waals surface area contributed by atoms with Crippen molar-refractivity contribution >= 4 is 17.5 Å². The van der Waals surface area contributed by atoms with E-state index in [-0.39, 0.29) is 5.91 Å². The first-order valence-electron chi connectivity index (χ1n) is 8.10. The van der Waals surface area contributed by atoms with Crippen molar-refractivity contribution in [2.24, 2.45) is 11.5 Å². The van der Waals surface area contributed by atoms with Crippen LogP contribution in [0.5, 0.6) is 0 Å². The molecule has 1 aromatic rings. The van der Waals surface area contributed by atoms with Crippen LogP contribution in [0.3, 0.4) is 0 Å². The molecule has 0 spiro atoms. The lowest BCUT2D eigenvalue weighted by molar-refractivity contribution is 0.0661. The summed E-state index contributed by atoms with van der Waals surface area (Å²) in [5, 5.41) is 0.562. The molecule has 1 saturated heterocycles. The van der Waals surface area contributed by atoms with Gasteiger partial charge in [0.15, 0.2) is 0 Å². The smallest absolute Gasteiger partial charge is 0.254 e. The van der Waals surface area contributed by atoms with Crippen LogP contribution in [-0.2, 0) is 5.54 Å². The number of allylic oxidation sites excluding steroid dienone is 2. The molecule has 1 aliphatic heterocycles. The number of amides is 1. The molecular formula is C18H23ClN4O. The molecule has 6 heteroatoms. The number of benzene rings is 1. The molecule has 1 aromatic carbocycles. The molecule has 2 aliphatic rings. The van der Waals surface area contributed by atoms with Gasteiger partial charge in [-0.05, 0) is 30.8 Å². The third-order valence-corrected chi connectivity index (χ3v) is 5.08. The van der Waals surface area contributed by atoms with Gasteiger partial charge in [0.2, 0.25) is 0 Å². The quantitative estimate of drug-likeness (QED) is 0.845. The zero-order chi connectivity index (χ0) is 17.3.